The van der Waals surface area contributed by atoms with Gasteiger partial charge in [0.25, 0.3) is 0 Å². The number of hydrogen-bond acceptors (Lipinski definition) is 4. The largest absolute Gasteiger partial charge is 0.381 e. The van der Waals surface area contributed by atoms with E-state index in [1.165, 1.54) is 0 Å². The molecule has 0 aliphatic carbocycles. The Morgan fingerprint density at radius 1 is 1.06 bits per heavy atom. The normalized spacial score (nSPS) is 25.8. The predicted molar refractivity (Wildman–Crippen MR) is 61.8 cm³/mol. The maximum absolute atomic E-state index is 12.1. The lowest BCUT2D eigenvalue weighted by molar-refractivity contribution is 0.0980. The van der Waals surface area contributed by atoms with Crippen LogP contribution in [0, 0.1) is 0 Å². The molecule has 0 bridgehead atoms. The first-order valence-electron chi connectivity index (χ1n) is 5.98. The molecule has 0 aromatic rings. The zero-order valence-electron chi connectivity index (χ0n) is 9.44. The molecule has 0 atom stereocenters. The van der Waals surface area contributed by atoms with Gasteiger partial charge in [-0.1, -0.05) is 0 Å². The second-order valence-electron chi connectivity index (χ2n) is 4.50. The summed E-state index contributed by atoms with van der Waals surface area (Å²) in [6.07, 6.45) is 3.03. The number of ether oxygens (including phenoxy) is 1. The minimum Gasteiger partial charge on any atom is -0.381 e. The highest BCUT2D eigenvalue weighted by atomic mass is 32.2. The molecule has 2 saturated heterocycles. The van der Waals surface area contributed by atoms with E-state index >= 15 is 0 Å². The lowest BCUT2D eigenvalue weighted by Gasteiger charge is -2.28. The Morgan fingerprint density at radius 3 is 2.31 bits per heavy atom. The van der Waals surface area contributed by atoms with E-state index in [0.717, 1.165) is 25.9 Å². The lowest BCUT2D eigenvalue weighted by atomic mass is 10.1. The van der Waals surface area contributed by atoms with Crippen molar-refractivity contribution in [3.63, 3.8) is 0 Å². The van der Waals surface area contributed by atoms with Crippen LogP contribution < -0.4 is 10.0 Å². The zero-order chi connectivity index (χ0) is 11.4. The molecule has 0 unspecified atom stereocenters. The third-order valence-corrected chi connectivity index (χ3v) is 5.29. The fraction of sp³-hybridized carbons (Fsp3) is 1.00. The quantitative estimate of drug-likeness (QED) is 0.728. The highest BCUT2D eigenvalue weighted by molar-refractivity contribution is 7.90. The molecule has 94 valence electrons. The predicted octanol–water partition coefficient (Wildman–Crippen LogP) is -0.163. The minimum atomic E-state index is -3.14. The van der Waals surface area contributed by atoms with Crippen molar-refractivity contribution in [2.45, 2.75) is 37.0 Å². The van der Waals surface area contributed by atoms with Gasteiger partial charge in [0.05, 0.1) is 5.25 Å². The third-order valence-electron chi connectivity index (χ3n) is 3.28. The van der Waals surface area contributed by atoms with Gasteiger partial charge in [-0.3, -0.25) is 0 Å². The standard InChI is InChI=1S/C10H20N2O3S/c13-16(14,10-3-7-15-8-4-10)12-9-1-5-11-6-2-9/h9-12H,1-8H2. The van der Waals surface area contributed by atoms with Gasteiger partial charge in [-0.05, 0) is 38.8 Å². The van der Waals surface area contributed by atoms with E-state index in [-0.39, 0.29) is 11.3 Å². The SMILES string of the molecule is O=S(=O)(NC1CCNCC1)C1CCOCC1. The summed E-state index contributed by atoms with van der Waals surface area (Å²) >= 11 is 0. The van der Waals surface area contributed by atoms with Crippen LogP contribution >= 0.6 is 0 Å². The van der Waals surface area contributed by atoms with Gasteiger partial charge in [-0.2, -0.15) is 0 Å². The molecule has 2 rings (SSSR count). The molecule has 2 aliphatic heterocycles. The van der Waals surface area contributed by atoms with Crippen LogP contribution in [0.3, 0.4) is 0 Å². The van der Waals surface area contributed by atoms with E-state index in [2.05, 4.69) is 10.0 Å². The van der Waals surface area contributed by atoms with E-state index in [9.17, 15) is 8.42 Å². The molecule has 0 amide bonds. The van der Waals surface area contributed by atoms with Crippen LogP contribution in [0.2, 0.25) is 0 Å². The van der Waals surface area contributed by atoms with Crippen LogP contribution in [-0.4, -0.2) is 46.0 Å². The fourth-order valence-electron chi connectivity index (χ4n) is 2.25. The summed E-state index contributed by atoms with van der Waals surface area (Å²) in [6, 6.07) is 0.120. The molecule has 2 heterocycles. The zero-order valence-corrected chi connectivity index (χ0v) is 10.3. The Bertz CT molecular complexity index is 306. The van der Waals surface area contributed by atoms with Crippen LogP contribution in [0.25, 0.3) is 0 Å². The summed E-state index contributed by atoms with van der Waals surface area (Å²) in [7, 11) is -3.14. The second kappa shape index (κ2) is 5.44. The number of piperidine rings is 1. The molecule has 0 spiro atoms. The molecule has 6 heteroatoms. The van der Waals surface area contributed by atoms with E-state index in [1.54, 1.807) is 0 Å². The van der Waals surface area contributed by atoms with Gasteiger partial charge in [0, 0.05) is 19.3 Å². The van der Waals surface area contributed by atoms with Crippen molar-refractivity contribution in [2.75, 3.05) is 26.3 Å². The Labute approximate surface area is 97.0 Å². The van der Waals surface area contributed by atoms with Crippen molar-refractivity contribution in [3.8, 4) is 0 Å². The van der Waals surface area contributed by atoms with Crippen LogP contribution in [-0.2, 0) is 14.8 Å². The first-order valence-corrected chi connectivity index (χ1v) is 7.53. The number of nitrogens with one attached hydrogen (secondary N) is 2. The molecule has 0 aromatic carbocycles. The number of hydrogen-bond donors (Lipinski definition) is 2. The summed E-state index contributed by atoms with van der Waals surface area (Å²) in [5.41, 5.74) is 0. The van der Waals surface area contributed by atoms with Crippen molar-refractivity contribution in [1.29, 1.82) is 0 Å². The summed E-state index contributed by atoms with van der Waals surface area (Å²) in [6.45, 7) is 2.94. The highest BCUT2D eigenvalue weighted by Gasteiger charge is 2.30. The van der Waals surface area contributed by atoms with E-state index in [1.807, 2.05) is 0 Å². The fourth-order valence-corrected chi connectivity index (χ4v) is 3.96. The van der Waals surface area contributed by atoms with Crippen molar-refractivity contribution in [2.24, 2.45) is 0 Å². The molecule has 2 aliphatic rings. The van der Waals surface area contributed by atoms with E-state index < -0.39 is 10.0 Å². The monoisotopic (exact) mass is 248 g/mol. The molecule has 0 radical (unpaired) electrons. The van der Waals surface area contributed by atoms with Crippen molar-refractivity contribution < 1.29 is 13.2 Å². The molecule has 5 nitrogen and oxygen atoms in total. The van der Waals surface area contributed by atoms with Crippen molar-refractivity contribution >= 4 is 10.0 Å². The van der Waals surface area contributed by atoms with Gasteiger partial charge < -0.3 is 10.1 Å². The Balaban J connectivity index is 1.90. The first-order chi connectivity index (χ1) is 7.68. The summed E-state index contributed by atoms with van der Waals surface area (Å²) in [4.78, 5) is 0. The molecule has 2 N–H and O–H groups in total. The molecule has 0 saturated carbocycles. The smallest absolute Gasteiger partial charge is 0.214 e. The first kappa shape index (κ1) is 12.3. The Morgan fingerprint density at radius 2 is 1.69 bits per heavy atom. The Hall–Kier alpha value is -0.170. The van der Waals surface area contributed by atoms with Crippen LogP contribution in [0.5, 0.6) is 0 Å². The van der Waals surface area contributed by atoms with Crippen LogP contribution in [0.15, 0.2) is 0 Å². The lowest BCUT2D eigenvalue weighted by Crippen LogP contribution is -2.47. The highest BCUT2D eigenvalue weighted by Crippen LogP contribution is 2.16. The van der Waals surface area contributed by atoms with Crippen LogP contribution in [0.1, 0.15) is 25.7 Å². The third kappa shape index (κ3) is 3.16. The van der Waals surface area contributed by atoms with Gasteiger partial charge in [0.1, 0.15) is 0 Å². The molecular formula is C10H20N2O3S. The van der Waals surface area contributed by atoms with E-state index in [0.29, 0.717) is 26.1 Å². The minimum absolute atomic E-state index is 0.120. The Kier molecular flexibility index (Phi) is 4.18. The average molecular weight is 248 g/mol. The average Bonchev–Trinajstić information content (AvgIpc) is 2.31. The second-order valence-corrected chi connectivity index (χ2v) is 6.49. The van der Waals surface area contributed by atoms with E-state index in [4.69, 9.17) is 4.74 Å². The molecular weight excluding hydrogens is 228 g/mol. The molecule has 2 fully saturated rings. The molecule has 16 heavy (non-hydrogen) atoms. The summed E-state index contributed by atoms with van der Waals surface area (Å²) < 4.78 is 32.2. The van der Waals surface area contributed by atoms with Gasteiger partial charge in [0.2, 0.25) is 10.0 Å². The number of sulfonamides is 1. The van der Waals surface area contributed by atoms with Gasteiger partial charge in [0.15, 0.2) is 0 Å². The van der Waals surface area contributed by atoms with Crippen molar-refractivity contribution in [1.82, 2.24) is 10.0 Å². The molecule has 0 aromatic heterocycles. The van der Waals surface area contributed by atoms with Gasteiger partial charge >= 0.3 is 0 Å². The van der Waals surface area contributed by atoms with Gasteiger partial charge in [-0.25, -0.2) is 13.1 Å². The maximum Gasteiger partial charge on any atom is 0.214 e. The summed E-state index contributed by atoms with van der Waals surface area (Å²) in [5.74, 6) is 0. The number of rotatable bonds is 3. The maximum atomic E-state index is 12.1. The van der Waals surface area contributed by atoms with Crippen molar-refractivity contribution in [3.05, 3.63) is 0 Å². The van der Waals surface area contributed by atoms with Crippen LogP contribution in [0.4, 0.5) is 0 Å². The summed E-state index contributed by atoms with van der Waals surface area (Å²) in [5, 5.41) is 2.97. The van der Waals surface area contributed by atoms with Gasteiger partial charge in [-0.15, -0.1) is 0 Å². The topological polar surface area (TPSA) is 67.4 Å².